The van der Waals surface area contributed by atoms with Crippen LogP contribution < -0.4 is 11.1 Å². The van der Waals surface area contributed by atoms with E-state index in [4.69, 9.17) is 17.3 Å². The van der Waals surface area contributed by atoms with Gasteiger partial charge in [0.1, 0.15) is 22.6 Å². The van der Waals surface area contributed by atoms with Crippen molar-refractivity contribution in [2.24, 2.45) is 5.73 Å². The van der Waals surface area contributed by atoms with E-state index in [9.17, 15) is 23.6 Å². The maximum absolute atomic E-state index is 14.6. The summed E-state index contributed by atoms with van der Waals surface area (Å²) in [4.78, 5) is 24.7. The van der Waals surface area contributed by atoms with Gasteiger partial charge in [-0.1, -0.05) is 23.7 Å². The number of halogens is 3. The van der Waals surface area contributed by atoms with Crippen molar-refractivity contribution >= 4 is 34.8 Å². The average Bonchev–Trinajstić information content (AvgIpc) is 3.14. The van der Waals surface area contributed by atoms with E-state index in [1.165, 1.54) is 12.3 Å². The van der Waals surface area contributed by atoms with Crippen LogP contribution in [0.25, 0.3) is 11.1 Å². The van der Waals surface area contributed by atoms with Crippen molar-refractivity contribution in [1.29, 1.82) is 5.26 Å². The van der Waals surface area contributed by atoms with Crippen molar-refractivity contribution in [3.8, 4) is 17.2 Å². The van der Waals surface area contributed by atoms with Crippen LogP contribution in [-0.2, 0) is 4.79 Å². The van der Waals surface area contributed by atoms with E-state index in [1.807, 2.05) is 6.07 Å². The van der Waals surface area contributed by atoms with E-state index in [-0.39, 0.29) is 33.6 Å². The topological polar surface area (TPSA) is 96.0 Å². The Morgan fingerprint density at radius 2 is 1.94 bits per heavy atom. The average molecular weight is 460 g/mol. The number of amides is 2. The largest absolute Gasteiger partial charge is 0.370 e. The number of nitrogens with two attached hydrogens (primary N) is 1. The van der Waals surface area contributed by atoms with Crippen LogP contribution >= 0.6 is 22.9 Å². The number of primary amides is 1. The second-order valence-corrected chi connectivity index (χ2v) is 8.06. The molecule has 2 amide bonds. The third kappa shape index (κ3) is 4.74. The minimum absolute atomic E-state index is 0.00317. The highest BCUT2D eigenvalue weighted by Crippen LogP contribution is 2.37. The Morgan fingerprint density at radius 1 is 1.23 bits per heavy atom. The van der Waals surface area contributed by atoms with Crippen molar-refractivity contribution in [2.75, 3.05) is 0 Å². The summed E-state index contributed by atoms with van der Waals surface area (Å²) in [5, 5.41) is 14.0. The summed E-state index contributed by atoms with van der Waals surface area (Å²) in [6, 6.07) is 9.60. The fourth-order valence-electron chi connectivity index (χ4n) is 3.23. The lowest BCUT2D eigenvalue weighted by Gasteiger charge is -2.19. The summed E-state index contributed by atoms with van der Waals surface area (Å²) < 4.78 is 28.7. The van der Waals surface area contributed by atoms with Gasteiger partial charge in [0.25, 0.3) is 5.91 Å². The number of nitrogens with zero attached hydrogens (tertiary/aromatic N) is 1. The monoisotopic (exact) mass is 459 g/mol. The second-order valence-electron chi connectivity index (χ2n) is 6.75. The Balaban J connectivity index is 2.07. The van der Waals surface area contributed by atoms with Gasteiger partial charge in [-0.3, -0.25) is 9.59 Å². The molecule has 0 saturated heterocycles. The molecule has 0 spiro atoms. The molecule has 5 nitrogen and oxygen atoms in total. The van der Waals surface area contributed by atoms with Crippen LogP contribution in [0.2, 0.25) is 5.02 Å². The van der Waals surface area contributed by atoms with Crippen molar-refractivity contribution < 1.29 is 18.4 Å². The molecule has 3 rings (SSSR count). The molecule has 0 saturated carbocycles. The molecule has 0 unspecified atom stereocenters. The normalized spacial score (nSPS) is 11.6. The third-order valence-electron chi connectivity index (χ3n) is 4.70. The van der Waals surface area contributed by atoms with Crippen LogP contribution in [-0.4, -0.2) is 11.8 Å². The Bertz CT molecular complexity index is 1220. The molecule has 158 valence electrons. The third-order valence-corrected chi connectivity index (χ3v) is 5.82. The molecule has 0 bridgehead atoms. The maximum atomic E-state index is 14.6. The number of carbonyl (C=O) groups is 2. The summed E-state index contributed by atoms with van der Waals surface area (Å²) in [6.07, 6.45) is -0.204. The van der Waals surface area contributed by atoms with E-state index in [2.05, 4.69) is 5.32 Å². The van der Waals surface area contributed by atoms with Crippen LogP contribution in [0.3, 0.4) is 0 Å². The quantitative estimate of drug-likeness (QED) is 0.550. The van der Waals surface area contributed by atoms with E-state index in [0.717, 1.165) is 23.5 Å². The lowest BCUT2D eigenvalue weighted by atomic mass is 9.95. The predicted molar refractivity (Wildman–Crippen MR) is 115 cm³/mol. The van der Waals surface area contributed by atoms with E-state index >= 15 is 0 Å². The van der Waals surface area contributed by atoms with Gasteiger partial charge in [-0.2, -0.15) is 5.26 Å². The van der Waals surface area contributed by atoms with Crippen LogP contribution in [0.15, 0.2) is 41.8 Å². The summed E-state index contributed by atoms with van der Waals surface area (Å²) in [7, 11) is 0. The van der Waals surface area contributed by atoms with Gasteiger partial charge in [-0.05, 0) is 42.3 Å². The van der Waals surface area contributed by atoms with E-state index < -0.39 is 29.5 Å². The number of rotatable bonds is 6. The first-order valence-electron chi connectivity index (χ1n) is 9.04. The number of benzene rings is 2. The highest BCUT2D eigenvalue weighted by molar-refractivity contribution is 7.11. The fraction of sp³-hybridized carbons (Fsp3) is 0.136. The van der Waals surface area contributed by atoms with Crippen molar-refractivity contribution in [3.05, 3.63) is 80.0 Å². The Hall–Kier alpha value is -3.28. The molecule has 3 aromatic rings. The number of hydrogen-bond donors (Lipinski definition) is 2. The lowest BCUT2D eigenvalue weighted by molar-refractivity contribution is -0.118. The highest BCUT2D eigenvalue weighted by Gasteiger charge is 2.26. The standard InChI is InChI=1S/C22H16ClF2N3O2S/c1-11-15(24)5-6-16(25)20(11)21-14(10-31-18(21)9-26)22(30)28-17(8-19(27)29)12-3-2-4-13(23)7-12/h2-7,10,17H,8H2,1H3,(H2,27,29)(H,28,30)/t17-/m0/s1. The first kappa shape index (κ1) is 22.4. The van der Waals surface area contributed by atoms with Gasteiger partial charge in [0, 0.05) is 21.5 Å². The molecule has 0 radical (unpaired) electrons. The fourth-order valence-corrected chi connectivity index (χ4v) is 4.27. The maximum Gasteiger partial charge on any atom is 0.253 e. The molecule has 2 aromatic carbocycles. The molecule has 1 atom stereocenters. The van der Waals surface area contributed by atoms with Gasteiger partial charge in [-0.25, -0.2) is 8.78 Å². The summed E-state index contributed by atoms with van der Waals surface area (Å²) >= 11 is 6.95. The molecule has 0 aliphatic rings. The van der Waals surface area contributed by atoms with Gasteiger partial charge in [0.15, 0.2) is 0 Å². The molecule has 0 aliphatic heterocycles. The van der Waals surface area contributed by atoms with E-state index in [1.54, 1.807) is 24.3 Å². The van der Waals surface area contributed by atoms with Crippen LogP contribution in [0.1, 0.15) is 38.8 Å². The molecule has 1 aromatic heterocycles. The van der Waals surface area contributed by atoms with Crippen LogP contribution in [0.5, 0.6) is 0 Å². The lowest BCUT2D eigenvalue weighted by Crippen LogP contribution is -2.32. The number of carbonyl (C=O) groups excluding carboxylic acids is 2. The molecule has 0 fully saturated rings. The number of nitriles is 1. The molecule has 31 heavy (non-hydrogen) atoms. The molecular weight excluding hydrogens is 444 g/mol. The van der Waals surface area contributed by atoms with Gasteiger partial charge in [-0.15, -0.1) is 11.3 Å². The number of nitrogens with one attached hydrogen (secondary N) is 1. The van der Waals surface area contributed by atoms with Gasteiger partial charge < -0.3 is 11.1 Å². The van der Waals surface area contributed by atoms with Crippen LogP contribution in [0.4, 0.5) is 8.78 Å². The minimum atomic E-state index is -0.805. The summed E-state index contributed by atoms with van der Waals surface area (Å²) in [5.74, 6) is -2.74. The van der Waals surface area contributed by atoms with Gasteiger partial charge in [0.05, 0.1) is 18.0 Å². The minimum Gasteiger partial charge on any atom is -0.370 e. The molecule has 0 aliphatic carbocycles. The zero-order chi connectivity index (χ0) is 22.7. The predicted octanol–water partition coefficient (Wildman–Crippen LogP) is 4.87. The Kier molecular flexibility index (Phi) is 6.68. The zero-order valence-electron chi connectivity index (χ0n) is 16.2. The molecule has 3 N–H and O–H groups in total. The van der Waals surface area contributed by atoms with Crippen molar-refractivity contribution in [3.63, 3.8) is 0 Å². The van der Waals surface area contributed by atoms with Crippen molar-refractivity contribution in [1.82, 2.24) is 5.32 Å². The smallest absolute Gasteiger partial charge is 0.253 e. The SMILES string of the molecule is Cc1c(F)ccc(F)c1-c1c(C(=O)N[C@@H](CC(N)=O)c2cccc(Cl)c2)csc1C#N. The molecule has 1 heterocycles. The molecular formula is C22H16ClF2N3O2S. The highest BCUT2D eigenvalue weighted by atomic mass is 35.5. The first-order valence-corrected chi connectivity index (χ1v) is 10.3. The summed E-state index contributed by atoms with van der Waals surface area (Å²) in [5.41, 5.74) is 5.70. The molecule has 9 heteroatoms. The van der Waals surface area contributed by atoms with E-state index in [0.29, 0.717) is 10.6 Å². The van der Waals surface area contributed by atoms with Crippen LogP contribution in [0, 0.1) is 29.9 Å². The van der Waals surface area contributed by atoms with Crippen molar-refractivity contribution in [2.45, 2.75) is 19.4 Å². The number of thiophene rings is 1. The Labute approximate surface area is 186 Å². The van der Waals surface area contributed by atoms with Gasteiger partial charge in [0.2, 0.25) is 5.91 Å². The Morgan fingerprint density at radius 3 is 2.58 bits per heavy atom. The van der Waals surface area contributed by atoms with Gasteiger partial charge >= 0.3 is 0 Å². The second kappa shape index (κ2) is 9.25. The number of hydrogen-bond acceptors (Lipinski definition) is 4. The zero-order valence-corrected chi connectivity index (χ0v) is 17.8. The summed E-state index contributed by atoms with van der Waals surface area (Å²) in [6.45, 7) is 1.37. The first-order chi connectivity index (χ1) is 14.7.